The first kappa shape index (κ1) is 67.4. The van der Waals surface area contributed by atoms with Crippen molar-refractivity contribution in [1.29, 1.82) is 0 Å². The third-order valence-electron chi connectivity index (χ3n) is 25.0. The number of carbonyl (C=O) groups excluding carboxylic acids is 3. The normalized spacial score (nSPS) is 46.3. The molecule has 12 bridgehead atoms. The van der Waals surface area contributed by atoms with Crippen molar-refractivity contribution in [2.75, 3.05) is 26.2 Å². The lowest BCUT2D eigenvalue weighted by molar-refractivity contribution is -0.390. The maximum absolute atomic E-state index is 12.8. The number of carbonyl (C=O) groups is 3. The van der Waals surface area contributed by atoms with Gasteiger partial charge in [0.1, 0.15) is 0 Å². The summed E-state index contributed by atoms with van der Waals surface area (Å²) in [6.07, 6.45) is 33.6. The molecule has 3 amide bonds. The number of rotatable bonds is 10. The molecular weight excluding hydrogens is 1120 g/mol. The van der Waals surface area contributed by atoms with Gasteiger partial charge in [0.05, 0.1) is 0 Å². The summed E-state index contributed by atoms with van der Waals surface area (Å²) in [7, 11) is 0. The Labute approximate surface area is 528 Å². The third-order valence-corrected chi connectivity index (χ3v) is 25.0. The zero-order chi connectivity index (χ0) is 58.8. The molecule has 19 aliphatic rings. The second-order valence-electron chi connectivity index (χ2n) is 33.3. The first-order chi connectivity index (χ1) is 40.5. The second kappa shape index (κ2) is 25.6. The quantitative estimate of drug-likeness (QED) is 0.128. The van der Waals surface area contributed by atoms with Crippen molar-refractivity contribution in [3.05, 3.63) is 0 Å². The zero-order valence-electron chi connectivity index (χ0n) is 52.3. The Morgan fingerprint density at radius 1 is 0.432 bits per heavy atom. The number of likely N-dealkylation sites (tertiary alicyclic amines) is 1. The van der Waals surface area contributed by atoms with Crippen LogP contribution in [0.1, 0.15) is 255 Å². The van der Waals surface area contributed by atoms with Gasteiger partial charge in [0.15, 0.2) is 0 Å². The third kappa shape index (κ3) is 13.5. The van der Waals surface area contributed by atoms with E-state index in [-0.39, 0.29) is 63.0 Å². The molecule has 0 radical (unpaired) electrons. The second-order valence-corrected chi connectivity index (χ2v) is 33.3. The monoisotopic (exact) mass is 1240 g/mol. The molecule has 15 saturated carbocycles. The van der Waals surface area contributed by atoms with Gasteiger partial charge in [-0.05, 0) is 229 Å². The molecule has 4 saturated heterocycles. The molecular formula is C70H120N6O12. The molecule has 18 heteroatoms. The molecule has 15 aliphatic carbocycles. The number of nitrogens with one attached hydrogen (secondary N) is 2. The van der Waals surface area contributed by atoms with E-state index >= 15 is 0 Å². The number of piperidine rings is 1. The van der Waals surface area contributed by atoms with Crippen LogP contribution in [0.3, 0.4) is 0 Å². The summed E-state index contributed by atoms with van der Waals surface area (Å²) in [4.78, 5) is 75.9. The molecule has 4 atom stereocenters. The van der Waals surface area contributed by atoms with E-state index in [1.807, 2.05) is 32.6 Å². The van der Waals surface area contributed by atoms with Crippen LogP contribution in [-0.4, -0.2) is 101 Å². The molecule has 4 aliphatic heterocycles. The van der Waals surface area contributed by atoms with Crippen LogP contribution in [0, 0.1) is 88.8 Å². The number of ether oxygens (including phenoxy) is 3. The van der Waals surface area contributed by atoms with Crippen LogP contribution in [0.2, 0.25) is 0 Å². The van der Waals surface area contributed by atoms with Crippen molar-refractivity contribution in [3.8, 4) is 0 Å². The summed E-state index contributed by atoms with van der Waals surface area (Å²) in [6, 6.07) is 0.256. The first-order valence-electron chi connectivity index (χ1n) is 34.9. The van der Waals surface area contributed by atoms with Crippen LogP contribution in [0.5, 0.6) is 0 Å². The van der Waals surface area contributed by atoms with E-state index in [0.717, 1.165) is 138 Å². The summed E-state index contributed by atoms with van der Waals surface area (Å²) in [5.41, 5.74) is 17.2. The molecule has 4 heterocycles. The van der Waals surface area contributed by atoms with Crippen LogP contribution >= 0.6 is 0 Å². The maximum atomic E-state index is 12.8. The van der Waals surface area contributed by atoms with Crippen molar-refractivity contribution in [2.24, 2.45) is 106 Å². The standard InChI is InChI=1S/C23H36N2O4.2C22H36N2O4.3CH4/c24-20-3-6-25(7-4-20)21(26)13-15-2-1-5-22(14-15)27-23(29-28-22)18-9-16-8-17(11-18)12-19(23)10-16;1-20(2,23)13-24-19(25)12-14-3-5-21(6-4-14)26-22(28-27-21)17-8-15-7-16(10-17)11-18(22)9-15;1-20(2,23)13-24-19(25)11-14-4-3-5-21(12-14)26-22(28-27-21)17-7-15-6-16(9-17)10-18(22)8-15;;;/h15-20H,1-14,24H2;2*14-18H,3-13,23H2,1-2H3,(H,24,25);3*1H4/t15-,16?,17?,18?,19?,22+,23?;;14-,15?,16?,17?,18?,21+,22?;;;/m0.0.../s1. The zero-order valence-corrected chi connectivity index (χ0v) is 52.3. The van der Waals surface area contributed by atoms with Crippen LogP contribution in [0.25, 0.3) is 0 Å². The molecule has 0 unspecified atom stereocenters. The Hall–Kier alpha value is -2.07. The average molecular weight is 1240 g/mol. The minimum absolute atomic E-state index is 0. The van der Waals surface area contributed by atoms with E-state index in [1.165, 1.54) is 96.3 Å². The Kier molecular flexibility index (Phi) is 19.6. The molecule has 19 rings (SSSR count). The van der Waals surface area contributed by atoms with Gasteiger partial charge in [-0.1, -0.05) is 22.3 Å². The van der Waals surface area contributed by atoms with Crippen molar-refractivity contribution in [2.45, 2.75) is 307 Å². The largest absolute Gasteiger partial charge is 0.354 e. The molecule has 0 aromatic carbocycles. The maximum Gasteiger partial charge on any atom is 0.222 e. The van der Waals surface area contributed by atoms with Gasteiger partial charge in [-0.2, -0.15) is 29.3 Å². The molecule has 8 N–H and O–H groups in total. The highest BCUT2D eigenvalue weighted by atomic mass is 17.3. The Balaban J connectivity index is 0.000000134. The highest BCUT2D eigenvalue weighted by Gasteiger charge is 2.70. The van der Waals surface area contributed by atoms with E-state index in [9.17, 15) is 14.4 Å². The number of nitrogens with two attached hydrogens (primary N) is 3. The predicted molar refractivity (Wildman–Crippen MR) is 334 cm³/mol. The van der Waals surface area contributed by atoms with Gasteiger partial charge in [-0.15, -0.1) is 0 Å². The van der Waals surface area contributed by atoms with Gasteiger partial charge >= 0.3 is 0 Å². The van der Waals surface area contributed by atoms with Crippen molar-refractivity contribution >= 4 is 17.7 Å². The van der Waals surface area contributed by atoms with Crippen molar-refractivity contribution in [1.82, 2.24) is 15.5 Å². The van der Waals surface area contributed by atoms with Gasteiger partial charge in [0.2, 0.25) is 52.4 Å². The minimum atomic E-state index is -0.647. The highest BCUT2D eigenvalue weighted by Crippen LogP contribution is 2.67. The van der Waals surface area contributed by atoms with E-state index in [2.05, 4.69) is 10.6 Å². The van der Waals surface area contributed by atoms with E-state index < -0.39 is 34.7 Å². The fourth-order valence-electron chi connectivity index (χ4n) is 21.5. The number of hydrogen-bond donors (Lipinski definition) is 5. The van der Waals surface area contributed by atoms with Crippen LogP contribution in [-0.2, 0) is 57.9 Å². The fraction of sp³-hybridized carbons (Fsp3) is 0.957. The van der Waals surface area contributed by atoms with Gasteiger partial charge in [-0.3, -0.25) is 14.4 Å². The van der Waals surface area contributed by atoms with E-state index in [1.54, 1.807) is 0 Å². The predicted octanol–water partition coefficient (Wildman–Crippen LogP) is 11.7. The highest BCUT2D eigenvalue weighted by molar-refractivity contribution is 5.77. The number of nitrogens with zero attached hydrogens (tertiary/aromatic N) is 1. The summed E-state index contributed by atoms with van der Waals surface area (Å²) in [5.74, 6) is 6.30. The molecule has 88 heavy (non-hydrogen) atoms. The Morgan fingerprint density at radius 2 is 0.761 bits per heavy atom. The SMILES string of the molecule is C.C.C.CC(C)(N)CNC(=O)CC1CCC2(CC1)OOC1(O2)C2CC3CC(C2)CC1C3.CC(C)(N)CNC(=O)C[C@@H]1CCC[C@]2(C1)OOC1(O2)C2CC3CC(C2)CC1C3.NC1CCN(C(=O)C[C@@H]2CCC[C@]3(C2)OOC2(O3)C3CC4CC(C3)CC2C4)CC1. The molecule has 18 nitrogen and oxygen atoms in total. The summed E-state index contributed by atoms with van der Waals surface area (Å²) in [5, 5.41) is 5.93. The van der Waals surface area contributed by atoms with Crippen LogP contribution in [0.15, 0.2) is 0 Å². The topological polar surface area (TPSA) is 240 Å². The first-order valence-corrected chi connectivity index (χ1v) is 34.9. The van der Waals surface area contributed by atoms with Crippen molar-refractivity contribution < 1.29 is 57.9 Å². The lowest BCUT2D eigenvalue weighted by Gasteiger charge is -2.57. The van der Waals surface area contributed by atoms with Gasteiger partial charge in [0.25, 0.3) is 0 Å². The fourth-order valence-corrected chi connectivity index (χ4v) is 21.5. The minimum Gasteiger partial charge on any atom is -0.354 e. The van der Waals surface area contributed by atoms with E-state index in [4.69, 9.17) is 60.7 Å². The van der Waals surface area contributed by atoms with Crippen molar-refractivity contribution in [3.63, 3.8) is 0 Å². The van der Waals surface area contributed by atoms with Gasteiger partial charge in [-0.25, -0.2) is 0 Å². The number of hydrogen-bond acceptors (Lipinski definition) is 15. The molecule has 502 valence electrons. The molecule has 0 aromatic rings. The lowest BCUT2D eigenvalue weighted by atomic mass is 9.53. The molecule has 19 fully saturated rings. The summed E-state index contributed by atoms with van der Waals surface area (Å²) >= 11 is 0. The number of amides is 3. The van der Waals surface area contributed by atoms with E-state index in [0.29, 0.717) is 79.7 Å². The summed E-state index contributed by atoms with van der Waals surface area (Å²) < 4.78 is 20.4. The molecule has 0 aromatic heterocycles. The van der Waals surface area contributed by atoms with Crippen LogP contribution in [0.4, 0.5) is 0 Å². The van der Waals surface area contributed by atoms with Gasteiger partial charge in [0, 0.05) is 137 Å². The smallest absolute Gasteiger partial charge is 0.222 e. The lowest BCUT2D eigenvalue weighted by Crippen LogP contribution is -2.59. The van der Waals surface area contributed by atoms with Crippen LogP contribution < -0.4 is 27.8 Å². The molecule has 6 spiro atoms. The van der Waals surface area contributed by atoms with Gasteiger partial charge < -0.3 is 46.9 Å². The summed E-state index contributed by atoms with van der Waals surface area (Å²) in [6.45, 7) is 10.3. The Bertz CT molecular complexity index is 2350. The average Bonchev–Trinajstić information content (AvgIpc) is 1.46. The Morgan fingerprint density at radius 3 is 1.12 bits per heavy atom.